The number of halogens is 2. The molecule has 1 unspecified atom stereocenters. The Hall–Kier alpha value is -0.450. The average molecular weight is 302 g/mol. The monoisotopic (exact) mass is 301 g/mol. The summed E-state index contributed by atoms with van der Waals surface area (Å²) in [4.78, 5) is 0. The van der Waals surface area contributed by atoms with Crippen molar-refractivity contribution in [1.82, 2.24) is 5.32 Å². The van der Waals surface area contributed by atoms with Crippen LogP contribution in [0.5, 0.6) is 0 Å². The smallest absolute Gasteiger partial charge is 0.124 e. The van der Waals surface area contributed by atoms with Gasteiger partial charge in [0.15, 0.2) is 0 Å². The van der Waals surface area contributed by atoms with Gasteiger partial charge >= 0.3 is 0 Å². The van der Waals surface area contributed by atoms with Crippen LogP contribution in [-0.2, 0) is 11.3 Å². The van der Waals surface area contributed by atoms with Gasteiger partial charge in [-0.3, -0.25) is 0 Å². The Balaban J connectivity index is 1.77. The Morgan fingerprint density at radius 1 is 1.47 bits per heavy atom. The van der Waals surface area contributed by atoms with Crippen LogP contribution in [0.25, 0.3) is 0 Å². The molecule has 0 saturated carbocycles. The SMILES string of the molecule is Fc1ccc(CNCC2CCCOC2)c(Br)c1. The molecule has 0 aliphatic carbocycles. The summed E-state index contributed by atoms with van der Waals surface area (Å²) in [6.07, 6.45) is 2.39. The van der Waals surface area contributed by atoms with Crippen molar-refractivity contribution in [3.63, 3.8) is 0 Å². The molecule has 0 radical (unpaired) electrons. The van der Waals surface area contributed by atoms with Gasteiger partial charge in [-0.05, 0) is 36.5 Å². The summed E-state index contributed by atoms with van der Waals surface area (Å²) >= 11 is 3.37. The highest BCUT2D eigenvalue weighted by molar-refractivity contribution is 9.10. The Bertz CT molecular complexity index is 366. The number of rotatable bonds is 4. The lowest BCUT2D eigenvalue weighted by Crippen LogP contribution is -2.28. The van der Waals surface area contributed by atoms with Gasteiger partial charge in [0.05, 0.1) is 6.61 Å². The Kier molecular flexibility index (Phi) is 4.95. The molecule has 1 aromatic carbocycles. The summed E-state index contributed by atoms with van der Waals surface area (Å²) in [5.74, 6) is 0.407. The summed E-state index contributed by atoms with van der Waals surface area (Å²) in [6.45, 7) is 3.48. The molecule has 0 amide bonds. The Labute approximate surface area is 110 Å². The molecule has 1 aliphatic rings. The minimum Gasteiger partial charge on any atom is -0.381 e. The molecule has 4 heteroatoms. The van der Waals surface area contributed by atoms with Gasteiger partial charge in [-0.25, -0.2) is 4.39 Å². The van der Waals surface area contributed by atoms with Gasteiger partial charge in [0.2, 0.25) is 0 Å². The van der Waals surface area contributed by atoms with Gasteiger partial charge in [-0.1, -0.05) is 22.0 Å². The highest BCUT2D eigenvalue weighted by atomic mass is 79.9. The van der Waals surface area contributed by atoms with Crippen molar-refractivity contribution in [3.05, 3.63) is 34.1 Å². The second kappa shape index (κ2) is 6.47. The Morgan fingerprint density at radius 3 is 3.06 bits per heavy atom. The molecule has 1 aliphatic heterocycles. The van der Waals surface area contributed by atoms with Crippen molar-refractivity contribution in [1.29, 1.82) is 0 Å². The molecule has 1 atom stereocenters. The van der Waals surface area contributed by atoms with E-state index in [2.05, 4.69) is 21.2 Å². The van der Waals surface area contributed by atoms with Crippen LogP contribution in [0.4, 0.5) is 4.39 Å². The van der Waals surface area contributed by atoms with E-state index < -0.39 is 0 Å². The standard InChI is InChI=1S/C13H17BrFNO/c14-13-6-12(15)4-3-11(13)8-16-7-10-2-1-5-17-9-10/h3-4,6,10,16H,1-2,5,7-9H2. The fourth-order valence-electron chi connectivity index (χ4n) is 2.04. The minimum atomic E-state index is -0.207. The highest BCUT2D eigenvalue weighted by Gasteiger charge is 2.13. The van der Waals surface area contributed by atoms with Gasteiger partial charge in [0.1, 0.15) is 5.82 Å². The van der Waals surface area contributed by atoms with Crippen LogP contribution in [0.2, 0.25) is 0 Å². The molecule has 1 heterocycles. The zero-order valence-electron chi connectivity index (χ0n) is 9.72. The number of nitrogens with one attached hydrogen (secondary N) is 1. The molecular weight excluding hydrogens is 285 g/mol. The summed E-state index contributed by atoms with van der Waals surface area (Å²) in [6, 6.07) is 4.80. The second-order valence-corrected chi connectivity index (χ2v) is 5.30. The zero-order valence-corrected chi connectivity index (χ0v) is 11.3. The molecule has 0 aromatic heterocycles. The molecule has 1 aromatic rings. The van der Waals surface area contributed by atoms with Gasteiger partial charge in [0, 0.05) is 24.2 Å². The Morgan fingerprint density at radius 2 is 2.35 bits per heavy atom. The maximum atomic E-state index is 12.9. The first kappa shape index (κ1) is 13.0. The molecule has 0 bridgehead atoms. The van der Waals surface area contributed by atoms with Crippen molar-refractivity contribution in [2.75, 3.05) is 19.8 Å². The lowest BCUT2D eigenvalue weighted by atomic mass is 10.0. The normalized spacial score (nSPS) is 20.5. The summed E-state index contributed by atoms with van der Waals surface area (Å²) in [5, 5.41) is 3.40. The van der Waals surface area contributed by atoms with Crippen LogP contribution in [0, 0.1) is 11.7 Å². The van der Waals surface area contributed by atoms with Gasteiger partial charge < -0.3 is 10.1 Å². The largest absolute Gasteiger partial charge is 0.381 e. The topological polar surface area (TPSA) is 21.3 Å². The van der Waals surface area contributed by atoms with Crippen molar-refractivity contribution in [3.8, 4) is 0 Å². The molecule has 17 heavy (non-hydrogen) atoms. The summed E-state index contributed by atoms with van der Waals surface area (Å²) in [7, 11) is 0. The van der Waals surface area contributed by atoms with E-state index in [0.717, 1.165) is 42.8 Å². The quantitative estimate of drug-likeness (QED) is 0.923. The first-order chi connectivity index (χ1) is 8.25. The lowest BCUT2D eigenvalue weighted by Gasteiger charge is -2.22. The minimum absolute atomic E-state index is 0.207. The van der Waals surface area contributed by atoms with E-state index in [-0.39, 0.29) is 5.82 Å². The van der Waals surface area contributed by atoms with Crippen molar-refractivity contribution < 1.29 is 9.13 Å². The third-order valence-electron chi connectivity index (χ3n) is 3.02. The predicted molar refractivity (Wildman–Crippen MR) is 69.3 cm³/mol. The first-order valence-corrected chi connectivity index (χ1v) is 6.77. The maximum absolute atomic E-state index is 12.9. The van der Waals surface area contributed by atoms with E-state index in [0.29, 0.717) is 5.92 Å². The third-order valence-corrected chi connectivity index (χ3v) is 3.76. The van der Waals surface area contributed by atoms with Crippen molar-refractivity contribution in [2.45, 2.75) is 19.4 Å². The average Bonchev–Trinajstić information content (AvgIpc) is 2.33. The molecular formula is C13H17BrFNO. The maximum Gasteiger partial charge on any atom is 0.124 e. The fraction of sp³-hybridized carbons (Fsp3) is 0.538. The van der Waals surface area contributed by atoms with E-state index >= 15 is 0 Å². The molecule has 2 rings (SSSR count). The zero-order chi connectivity index (χ0) is 12.1. The van der Waals surface area contributed by atoms with Gasteiger partial charge in [-0.2, -0.15) is 0 Å². The molecule has 0 spiro atoms. The van der Waals surface area contributed by atoms with Crippen molar-refractivity contribution in [2.24, 2.45) is 5.92 Å². The molecule has 1 saturated heterocycles. The number of hydrogen-bond donors (Lipinski definition) is 1. The second-order valence-electron chi connectivity index (χ2n) is 4.45. The lowest BCUT2D eigenvalue weighted by molar-refractivity contribution is 0.0547. The van der Waals surface area contributed by atoms with Crippen LogP contribution < -0.4 is 5.32 Å². The number of ether oxygens (including phenoxy) is 1. The van der Waals surface area contributed by atoms with Crippen LogP contribution in [0.3, 0.4) is 0 Å². The highest BCUT2D eigenvalue weighted by Crippen LogP contribution is 2.18. The fourth-order valence-corrected chi connectivity index (χ4v) is 2.54. The van der Waals surface area contributed by atoms with E-state index in [1.165, 1.54) is 18.6 Å². The van der Waals surface area contributed by atoms with Crippen molar-refractivity contribution >= 4 is 15.9 Å². The number of hydrogen-bond acceptors (Lipinski definition) is 2. The van der Waals surface area contributed by atoms with E-state index in [1.54, 1.807) is 0 Å². The van der Waals surface area contributed by atoms with Gasteiger partial charge in [0.25, 0.3) is 0 Å². The van der Waals surface area contributed by atoms with E-state index in [9.17, 15) is 4.39 Å². The van der Waals surface area contributed by atoms with Gasteiger partial charge in [-0.15, -0.1) is 0 Å². The van der Waals surface area contributed by atoms with Crippen LogP contribution in [0.1, 0.15) is 18.4 Å². The molecule has 2 nitrogen and oxygen atoms in total. The molecule has 94 valence electrons. The van der Waals surface area contributed by atoms with Crippen LogP contribution in [-0.4, -0.2) is 19.8 Å². The predicted octanol–water partition coefficient (Wildman–Crippen LogP) is 3.10. The van der Waals surface area contributed by atoms with Crippen LogP contribution in [0.15, 0.2) is 22.7 Å². The van der Waals surface area contributed by atoms with E-state index in [4.69, 9.17) is 4.74 Å². The van der Waals surface area contributed by atoms with E-state index in [1.807, 2.05) is 6.07 Å². The summed E-state index contributed by atoms with van der Waals surface area (Å²) < 4.78 is 19.1. The van der Waals surface area contributed by atoms with Crippen LogP contribution >= 0.6 is 15.9 Å². The molecule has 1 fully saturated rings. The third kappa shape index (κ3) is 4.05. The summed E-state index contributed by atoms with van der Waals surface area (Å²) in [5.41, 5.74) is 1.09. The number of benzene rings is 1. The molecule has 1 N–H and O–H groups in total. The first-order valence-electron chi connectivity index (χ1n) is 5.98.